The van der Waals surface area contributed by atoms with Crippen molar-refractivity contribution in [1.29, 1.82) is 0 Å². The van der Waals surface area contributed by atoms with Crippen LogP contribution in [0.4, 0.5) is 13.2 Å². The van der Waals surface area contributed by atoms with Gasteiger partial charge in [0.25, 0.3) is 0 Å². The fourth-order valence-corrected chi connectivity index (χ4v) is 3.56. The molecule has 0 spiro atoms. The van der Waals surface area contributed by atoms with E-state index in [4.69, 9.17) is 4.74 Å². The van der Waals surface area contributed by atoms with Gasteiger partial charge >= 0.3 is 6.18 Å². The van der Waals surface area contributed by atoms with E-state index in [1.807, 2.05) is 30.3 Å². The normalized spacial score (nSPS) is 17.3. The Kier molecular flexibility index (Phi) is 7.84. The standard InChI is InChI=1S/C22H26F3N3O2/c23-22(24,25)21(18-9-5-2-6-10-18)27-16-20(29)26-15-19(17-7-3-1-4-8-17)28-11-13-30-14-12-28/h1-10,19,21,27H,11-16H2,(H,26,29). The summed E-state index contributed by atoms with van der Waals surface area (Å²) in [7, 11) is 0. The minimum atomic E-state index is -4.50. The SMILES string of the molecule is O=C(CNC(c1ccccc1)C(F)(F)F)NCC(c1ccccc1)N1CCOCC1. The second-order valence-electron chi connectivity index (χ2n) is 7.15. The number of hydrogen-bond acceptors (Lipinski definition) is 4. The zero-order chi connectivity index (χ0) is 21.4. The topological polar surface area (TPSA) is 53.6 Å². The lowest BCUT2D eigenvalue weighted by Crippen LogP contribution is -2.46. The van der Waals surface area contributed by atoms with Crippen molar-refractivity contribution in [2.24, 2.45) is 0 Å². The van der Waals surface area contributed by atoms with Crippen molar-refractivity contribution in [2.75, 3.05) is 39.4 Å². The van der Waals surface area contributed by atoms with E-state index < -0.39 is 24.7 Å². The van der Waals surface area contributed by atoms with Crippen LogP contribution in [0, 0.1) is 0 Å². The molecule has 2 aromatic rings. The monoisotopic (exact) mass is 421 g/mol. The first-order valence-electron chi connectivity index (χ1n) is 9.93. The fourth-order valence-electron chi connectivity index (χ4n) is 3.56. The van der Waals surface area contributed by atoms with Crippen molar-refractivity contribution in [3.8, 4) is 0 Å². The number of ether oxygens (including phenoxy) is 1. The summed E-state index contributed by atoms with van der Waals surface area (Å²) < 4.78 is 45.7. The van der Waals surface area contributed by atoms with Gasteiger partial charge in [0.1, 0.15) is 6.04 Å². The van der Waals surface area contributed by atoms with Gasteiger partial charge in [0.15, 0.2) is 0 Å². The number of carbonyl (C=O) groups is 1. The summed E-state index contributed by atoms with van der Waals surface area (Å²) >= 11 is 0. The van der Waals surface area contributed by atoms with Gasteiger partial charge in [-0.05, 0) is 11.1 Å². The van der Waals surface area contributed by atoms with Crippen LogP contribution >= 0.6 is 0 Å². The molecule has 0 radical (unpaired) electrons. The molecular formula is C22H26F3N3O2. The molecule has 162 valence electrons. The molecule has 1 saturated heterocycles. The minimum absolute atomic E-state index is 0.0633. The molecule has 1 amide bonds. The molecule has 5 nitrogen and oxygen atoms in total. The van der Waals surface area contributed by atoms with Gasteiger partial charge in [-0.3, -0.25) is 15.0 Å². The summed E-state index contributed by atoms with van der Waals surface area (Å²) in [5, 5.41) is 5.13. The number of carbonyl (C=O) groups excluding carboxylic acids is 1. The van der Waals surface area contributed by atoms with Crippen LogP contribution in [0.2, 0.25) is 0 Å². The van der Waals surface area contributed by atoms with Crippen molar-refractivity contribution in [3.63, 3.8) is 0 Å². The third kappa shape index (κ3) is 6.29. The maximum absolute atomic E-state index is 13.4. The van der Waals surface area contributed by atoms with Gasteiger partial charge in [0.2, 0.25) is 5.91 Å². The highest BCUT2D eigenvalue weighted by atomic mass is 19.4. The smallest absolute Gasteiger partial charge is 0.379 e. The van der Waals surface area contributed by atoms with E-state index in [-0.39, 0.29) is 11.6 Å². The number of halogens is 3. The first-order chi connectivity index (χ1) is 14.4. The van der Waals surface area contributed by atoms with Crippen LogP contribution in [0.1, 0.15) is 23.2 Å². The molecular weight excluding hydrogens is 395 g/mol. The summed E-state index contributed by atoms with van der Waals surface area (Å²) in [6.07, 6.45) is -4.50. The second-order valence-corrected chi connectivity index (χ2v) is 7.15. The van der Waals surface area contributed by atoms with Crippen molar-refractivity contribution < 1.29 is 22.7 Å². The Morgan fingerprint density at radius 1 is 0.967 bits per heavy atom. The number of rotatable bonds is 8. The van der Waals surface area contributed by atoms with E-state index in [2.05, 4.69) is 15.5 Å². The molecule has 8 heteroatoms. The Labute approximate surface area is 174 Å². The lowest BCUT2D eigenvalue weighted by atomic mass is 10.0. The molecule has 1 heterocycles. The Hall–Kier alpha value is -2.42. The summed E-state index contributed by atoms with van der Waals surface area (Å²) in [5.41, 5.74) is 1.12. The molecule has 0 bridgehead atoms. The maximum Gasteiger partial charge on any atom is 0.407 e. The summed E-state index contributed by atoms with van der Waals surface area (Å²) in [4.78, 5) is 14.6. The largest absolute Gasteiger partial charge is 0.407 e. The van der Waals surface area contributed by atoms with Crippen LogP contribution in [0.5, 0.6) is 0 Å². The van der Waals surface area contributed by atoms with Crippen LogP contribution in [0.25, 0.3) is 0 Å². The molecule has 2 N–H and O–H groups in total. The zero-order valence-electron chi connectivity index (χ0n) is 16.6. The number of benzene rings is 2. The van der Waals surface area contributed by atoms with E-state index in [1.165, 1.54) is 12.1 Å². The predicted octanol–water partition coefficient (Wildman–Crippen LogP) is 3.07. The molecule has 3 rings (SSSR count). The van der Waals surface area contributed by atoms with Gasteiger partial charge in [-0.2, -0.15) is 13.2 Å². The molecule has 30 heavy (non-hydrogen) atoms. The number of nitrogens with one attached hydrogen (secondary N) is 2. The van der Waals surface area contributed by atoms with Crippen LogP contribution in [0.15, 0.2) is 60.7 Å². The highest BCUT2D eigenvalue weighted by molar-refractivity contribution is 5.78. The van der Waals surface area contributed by atoms with Crippen LogP contribution < -0.4 is 10.6 Å². The quantitative estimate of drug-likeness (QED) is 0.688. The number of amides is 1. The van der Waals surface area contributed by atoms with Crippen LogP contribution in [-0.4, -0.2) is 56.4 Å². The van der Waals surface area contributed by atoms with Crippen molar-refractivity contribution in [2.45, 2.75) is 18.3 Å². The molecule has 2 atom stereocenters. The Bertz CT molecular complexity index is 781. The molecule has 1 aliphatic rings. The molecule has 1 aliphatic heterocycles. The molecule has 0 aliphatic carbocycles. The van der Waals surface area contributed by atoms with Crippen LogP contribution in [-0.2, 0) is 9.53 Å². The third-order valence-electron chi connectivity index (χ3n) is 5.09. The van der Waals surface area contributed by atoms with Crippen molar-refractivity contribution in [1.82, 2.24) is 15.5 Å². The Morgan fingerprint density at radius 3 is 2.10 bits per heavy atom. The summed E-state index contributed by atoms with van der Waals surface area (Å²) in [6.45, 7) is 2.58. The maximum atomic E-state index is 13.4. The molecule has 0 saturated carbocycles. The molecule has 1 fully saturated rings. The van der Waals surface area contributed by atoms with E-state index in [1.54, 1.807) is 18.2 Å². The number of nitrogens with zero attached hydrogens (tertiary/aromatic N) is 1. The third-order valence-corrected chi connectivity index (χ3v) is 5.09. The van der Waals surface area contributed by atoms with Gasteiger partial charge in [0.05, 0.1) is 25.8 Å². The second kappa shape index (κ2) is 10.6. The van der Waals surface area contributed by atoms with Gasteiger partial charge in [0, 0.05) is 19.6 Å². The Morgan fingerprint density at radius 2 is 1.53 bits per heavy atom. The highest BCUT2D eigenvalue weighted by Gasteiger charge is 2.40. The van der Waals surface area contributed by atoms with Crippen molar-refractivity contribution >= 4 is 5.91 Å². The molecule has 0 aromatic heterocycles. The number of alkyl halides is 3. The lowest BCUT2D eigenvalue weighted by Gasteiger charge is -2.35. The van der Waals surface area contributed by atoms with E-state index in [0.29, 0.717) is 19.8 Å². The average Bonchev–Trinajstić information content (AvgIpc) is 2.75. The number of morpholine rings is 1. The zero-order valence-corrected chi connectivity index (χ0v) is 16.6. The van der Waals surface area contributed by atoms with Gasteiger partial charge in [-0.1, -0.05) is 60.7 Å². The number of hydrogen-bond donors (Lipinski definition) is 2. The summed E-state index contributed by atoms with van der Waals surface area (Å²) in [5.74, 6) is -0.477. The lowest BCUT2D eigenvalue weighted by molar-refractivity contribution is -0.158. The minimum Gasteiger partial charge on any atom is -0.379 e. The summed E-state index contributed by atoms with van der Waals surface area (Å²) in [6, 6.07) is 15.3. The predicted molar refractivity (Wildman–Crippen MR) is 108 cm³/mol. The molecule has 2 unspecified atom stereocenters. The Balaban J connectivity index is 1.59. The van der Waals surface area contributed by atoms with E-state index in [9.17, 15) is 18.0 Å². The van der Waals surface area contributed by atoms with Crippen LogP contribution in [0.3, 0.4) is 0 Å². The van der Waals surface area contributed by atoms with Gasteiger partial charge < -0.3 is 10.1 Å². The van der Waals surface area contributed by atoms with E-state index >= 15 is 0 Å². The molecule has 2 aromatic carbocycles. The van der Waals surface area contributed by atoms with Crippen molar-refractivity contribution in [3.05, 3.63) is 71.8 Å². The van der Waals surface area contributed by atoms with Gasteiger partial charge in [-0.25, -0.2) is 0 Å². The van der Waals surface area contributed by atoms with Gasteiger partial charge in [-0.15, -0.1) is 0 Å². The first kappa shape index (κ1) is 22.3. The highest BCUT2D eigenvalue weighted by Crippen LogP contribution is 2.32. The fraction of sp³-hybridized carbons (Fsp3) is 0.409. The van der Waals surface area contributed by atoms with E-state index in [0.717, 1.165) is 18.7 Å². The average molecular weight is 421 g/mol. The first-order valence-corrected chi connectivity index (χ1v) is 9.93.